The Kier molecular flexibility index (Phi) is 6.92. The Hall–Kier alpha value is -2.02. The van der Waals surface area contributed by atoms with E-state index in [9.17, 15) is 14.4 Å². The summed E-state index contributed by atoms with van der Waals surface area (Å²) in [6.45, 7) is 3.50. The molecule has 1 heterocycles. The van der Waals surface area contributed by atoms with Crippen molar-refractivity contribution in [3.8, 4) is 0 Å². The Bertz CT molecular complexity index is 907. The summed E-state index contributed by atoms with van der Waals surface area (Å²) in [4.78, 5) is 40.4. The van der Waals surface area contributed by atoms with Gasteiger partial charge in [0.2, 0.25) is 5.91 Å². The highest BCUT2D eigenvalue weighted by atomic mass is 32.2. The largest absolute Gasteiger partial charge is 0.452 e. The summed E-state index contributed by atoms with van der Waals surface area (Å²) >= 11 is 1.35. The molecule has 34 heavy (non-hydrogen) atoms. The summed E-state index contributed by atoms with van der Waals surface area (Å²) in [6, 6.07) is 7.25. The van der Waals surface area contributed by atoms with E-state index in [0.29, 0.717) is 16.2 Å². The average molecular weight is 485 g/mol. The normalized spacial score (nSPS) is 30.3. The first-order valence-corrected chi connectivity index (χ1v) is 13.9. The highest BCUT2D eigenvalue weighted by Gasteiger charge is 2.53. The van der Waals surface area contributed by atoms with E-state index >= 15 is 0 Å². The van der Waals surface area contributed by atoms with E-state index in [1.807, 2.05) is 17.0 Å². The number of esters is 1. The smallest absolute Gasteiger partial charge is 0.339 e. The number of rotatable bonds is 8. The fraction of sp³-hybridized carbons (Fsp3) is 0.667. The number of carbonyl (C=O) groups is 3. The lowest BCUT2D eigenvalue weighted by Gasteiger charge is -2.59. The van der Waals surface area contributed by atoms with E-state index in [-0.39, 0.29) is 29.9 Å². The molecule has 5 fully saturated rings. The molecule has 6 nitrogen and oxygen atoms in total. The van der Waals surface area contributed by atoms with Gasteiger partial charge in [-0.15, -0.1) is 11.8 Å². The number of likely N-dealkylation sites (tertiary alicyclic amines) is 1. The minimum absolute atomic E-state index is 0.101. The maximum absolute atomic E-state index is 12.8. The zero-order chi connectivity index (χ0) is 23.7. The second-order valence-electron chi connectivity index (χ2n) is 11.0. The van der Waals surface area contributed by atoms with Gasteiger partial charge in [-0.2, -0.15) is 0 Å². The van der Waals surface area contributed by atoms with E-state index in [1.165, 1.54) is 50.3 Å². The molecule has 0 aromatic heterocycles. The number of carbonyl (C=O) groups excluding carboxylic acids is 3. The minimum Gasteiger partial charge on any atom is -0.452 e. The molecule has 1 atom stereocenters. The molecule has 0 spiro atoms. The quantitative estimate of drug-likeness (QED) is 0.440. The van der Waals surface area contributed by atoms with Gasteiger partial charge in [0, 0.05) is 24.0 Å². The molecule has 184 valence electrons. The molecule has 5 aliphatic rings. The number of hydrogen-bond donors (Lipinski definition) is 1. The van der Waals surface area contributed by atoms with Gasteiger partial charge in [-0.25, -0.2) is 4.79 Å². The standard InChI is InChI=1S/C27H36N2O4S/c1-18(27-13-19-10-20(14-27)12-21(11-19)15-27)28-24(30)16-33-26(32)22-6-2-3-7-23(22)34-17-25(31)29-8-4-5-9-29/h2-3,6-7,18-21H,4-5,8-17H2,1H3,(H,28,30)/t18-,19?,20?,21?,27?/m0/s1. The average Bonchev–Trinajstić information content (AvgIpc) is 3.35. The third-order valence-corrected chi connectivity index (χ3v) is 9.69. The molecule has 1 N–H and O–H groups in total. The van der Waals surface area contributed by atoms with Crippen LogP contribution in [0.4, 0.5) is 0 Å². The van der Waals surface area contributed by atoms with Crippen LogP contribution < -0.4 is 5.32 Å². The predicted octanol–water partition coefficient (Wildman–Crippen LogP) is 4.28. The Morgan fingerprint density at radius 2 is 1.68 bits per heavy atom. The first-order chi connectivity index (χ1) is 16.4. The second kappa shape index (κ2) is 9.92. The zero-order valence-electron chi connectivity index (χ0n) is 20.1. The highest BCUT2D eigenvalue weighted by Crippen LogP contribution is 2.61. The number of benzene rings is 1. The van der Waals surface area contributed by atoms with Crippen LogP contribution in [0.25, 0.3) is 0 Å². The molecule has 1 aromatic rings. The van der Waals surface area contributed by atoms with Gasteiger partial charge in [0.25, 0.3) is 5.91 Å². The van der Waals surface area contributed by atoms with Gasteiger partial charge in [-0.3, -0.25) is 9.59 Å². The molecule has 7 heteroatoms. The van der Waals surface area contributed by atoms with Crippen LogP contribution in [0.5, 0.6) is 0 Å². The van der Waals surface area contributed by atoms with E-state index in [0.717, 1.165) is 43.7 Å². The molecule has 1 aromatic carbocycles. The first kappa shape index (κ1) is 23.7. The molecule has 4 aliphatic carbocycles. The van der Waals surface area contributed by atoms with Gasteiger partial charge < -0.3 is 15.0 Å². The third-order valence-electron chi connectivity index (χ3n) is 8.63. The lowest BCUT2D eigenvalue weighted by Crippen LogP contribution is -2.56. The number of amides is 2. The van der Waals surface area contributed by atoms with Crippen LogP contribution in [-0.4, -0.2) is 54.2 Å². The van der Waals surface area contributed by atoms with Crippen LogP contribution in [-0.2, 0) is 14.3 Å². The Morgan fingerprint density at radius 1 is 1.06 bits per heavy atom. The van der Waals surface area contributed by atoms with Crippen molar-refractivity contribution in [3.05, 3.63) is 29.8 Å². The van der Waals surface area contributed by atoms with Crippen LogP contribution in [0, 0.1) is 23.2 Å². The van der Waals surface area contributed by atoms with Crippen molar-refractivity contribution in [2.24, 2.45) is 23.2 Å². The Morgan fingerprint density at radius 3 is 2.32 bits per heavy atom. The number of ether oxygens (including phenoxy) is 1. The lowest BCUT2D eigenvalue weighted by molar-refractivity contribution is -0.129. The number of hydrogen-bond acceptors (Lipinski definition) is 5. The summed E-state index contributed by atoms with van der Waals surface area (Å²) in [6.07, 6.45) is 9.91. The van der Waals surface area contributed by atoms with Crippen LogP contribution >= 0.6 is 11.8 Å². The SMILES string of the molecule is C[C@H](NC(=O)COC(=O)c1ccccc1SCC(=O)N1CCCC1)C12CC3CC(CC(C3)C1)C2. The molecular weight excluding hydrogens is 448 g/mol. The van der Waals surface area contributed by atoms with Crippen molar-refractivity contribution in [1.29, 1.82) is 0 Å². The third kappa shape index (κ3) is 5.00. The molecule has 6 rings (SSSR count). The van der Waals surface area contributed by atoms with Gasteiger partial charge in [-0.05, 0) is 93.6 Å². The maximum Gasteiger partial charge on any atom is 0.339 e. The molecule has 0 radical (unpaired) electrons. The van der Waals surface area contributed by atoms with Crippen LogP contribution in [0.15, 0.2) is 29.2 Å². The zero-order valence-corrected chi connectivity index (χ0v) is 20.9. The van der Waals surface area contributed by atoms with E-state index in [2.05, 4.69) is 12.2 Å². The lowest BCUT2D eigenvalue weighted by atomic mass is 9.48. The van der Waals surface area contributed by atoms with Crippen molar-refractivity contribution >= 4 is 29.5 Å². The van der Waals surface area contributed by atoms with Gasteiger partial charge in [-0.1, -0.05) is 12.1 Å². The van der Waals surface area contributed by atoms with Gasteiger partial charge in [0.05, 0.1) is 11.3 Å². The second-order valence-corrected chi connectivity index (χ2v) is 12.0. The summed E-state index contributed by atoms with van der Waals surface area (Å²) in [5.41, 5.74) is 0.628. The van der Waals surface area contributed by atoms with E-state index in [4.69, 9.17) is 4.74 Å². The van der Waals surface area contributed by atoms with Gasteiger partial charge >= 0.3 is 5.97 Å². The van der Waals surface area contributed by atoms with Crippen molar-refractivity contribution in [2.45, 2.75) is 69.2 Å². The van der Waals surface area contributed by atoms with Gasteiger partial charge in [0.15, 0.2) is 6.61 Å². The van der Waals surface area contributed by atoms with Crippen molar-refractivity contribution in [1.82, 2.24) is 10.2 Å². The summed E-state index contributed by atoms with van der Waals surface area (Å²) < 4.78 is 5.40. The number of nitrogens with one attached hydrogen (secondary N) is 1. The number of nitrogens with zero attached hydrogens (tertiary/aromatic N) is 1. The van der Waals surface area contributed by atoms with E-state index < -0.39 is 5.97 Å². The highest BCUT2D eigenvalue weighted by molar-refractivity contribution is 8.00. The Labute approximate surface area is 206 Å². The summed E-state index contributed by atoms with van der Waals surface area (Å²) in [5, 5.41) is 3.16. The van der Waals surface area contributed by atoms with Crippen LogP contribution in [0.2, 0.25) is 0 Å². The van der Waals surface area contributed by atoms with Crippen LogP contribution in [0.3, 0.4) is 0 Å². The van der Waals surface area contributed by atoms with E-state index in [1.54, 1.807) is 12.1 Å². The predicted molar refractivity (Wildman–Crippen MR) is 131 cm³/mol. The van der Waals surface area contributed by atoms with Crippen molar-refractivity contribution in [3.63, 3.8) is 0 Å². The summed E-state index contributed by atoms with van der Waals surface area (Å²) in [5.74, 6) is 2.14. The Balaban J connectivity index is 1.13. The summed E-state index contributed by atoms with van der Waals surface area (Å²) in [7, 11) is 0. The molecule has 2 amide bonds. The fourth-order valence-corrected chi connectivity index (χ4v) is 8.25. The molecular formula is C27H36N2O4S. The van der Waals surface area contributed by atoms with Gasteiger partial charge in [0.1, 0.15) is 0 Å². The van der Waals surface area contributed by atoms with Crippen molar-refractivity contribution < 1.29 is 19.1 Å². The molecule has 1 aliphatic heterocycles. The molecule has 4 bridgehead atoms. The maximum atomic E-state index is 12.8. The fourth-order valence-electron chi connectivity index (χ4n) is 7.31. The monoisotopic (exact) mass is 484 g/mol. The van der Waals surface area contributed by atoms with Crippen molar-refractivity contribution in [2.75, 3.05) is 25.4 Å². The topological polar surface area (TPSA) is 75.7 Å². The molecule has 0 unspecified atom stereocenters. The number of thioether (sulfide) groups is 1. The first-order valence-electron chi connectivity index (χ1n) is 12.9. The molecule has 4 saturated carbocycles. The minimum atomic E-state index is -0.519. The van der Waals surface area contributed by atoms with Crippen LogP contribution in [0.1, 0.15) is 68.6 Å². The molecule has 1 saturated heterocycles.